The lowest BCUT2D eigenvalue weighted by molar-refractivity contribution is 0.0671. The number of aryl methyl sites for hydroxylation is 1. The van der Waals surface area contributed by atoms with Crippen LogP contribution in [-0.2, 0) is 7.05 Å². The molecule has 2 aromatic rings. The zero-order valence-electron chi connectivity index (χ0n) is 13.0. The van der Waals surface area contributed by atoms with Crippen molar-refractivity contribution in [2.24, 2.45) is 7.05 Å². The van der Waals surface area contributed by atoms with Crippen molar-refractivity contribution in [3.63, 3.8) is 0 Å². The van der Waals surface area contributed by atoms with Gasteiger partial charge in [0.15, 0.2) is 0 Å². The number of carbonyl (C=O) groups excluding carboxylic acids is 1. The van der Waals surface area contributed by atoms with Gasteiger partial charge in [0.05, 0.1) is 16.6 Å². The number of hydrogen-bond donors (Lipinski definition) is 0. The Morgan fingerprint density at radius 1 is 1.30 bits per heavy atom. The number of amides is 1. The van der Waals surface area contributed by atoms with Crippen molar-refractivity contribution in [1.29, 1.82) is 0 Å². The zero-order chi connectivity index (χ0) is 16.4. The van der Waals surface area contributed by atoms with Crippen LogP contribution < -0.4 is 0 Å². The van der Waals surface area contributed by atoms with E-state index in [0.717, 1.165) is 25.7 Å². The lowest BCUT2D eigenvalue weighted by Crippen LogP contribution is -2.35. The van der Waals surface area contributed by atoms with Crippen LogP contribution in [-0.4, -0.2) is 27.1 Å². The van der Waals surface area contributed by atoms with E-state index < -0.39 is 5.82 Å². The number of benzene rings is 1. The zero-order valence-corrected chi connectivity index (χ0v) is 13.8. The molecule has 1 saturated heterocycles. The first-order chi connectivity index (χ1) is 11.1. The van der Waals surface area contributed by atoms with Crippen molar-refractivity contribution >= 4 is 17.5 Å². The van der Waals surface area contributed by atoms with Crippen LogP contribution in [0.2, 0.25) is 5.02 Å². The van der Waals surface area contributed by atoms with E-state index in [1.165, 1.54) is 12.1 Å². The van der Waals surface area contributed by atoms with Crippen LogP contribution in [0.3, 0.4) is 0 Å². The van der Waals surface area contributed by atoms with Gasteiger partial charge in [0.2, 0.25) is 0 Å². The van der Waals surface area contributed by atoms with Crippen LogP contribution in [0.4, 0.5) is 4.39 Å². The number of nitrogens with zero attached hydrogens (tertiary/aromatic N) is 3. The van der Waals surface area contributed by atoms with E-state index in [1.54, 1.807) is 35.0 Å². The Labute approximate surface area is 139 Å². The molecule has 23 heavy (non-hydrogen) atoms. The largest absolute Gasteiger partial charge is 0.330 e. The van der Waals surface area contributed by atoms with Gasteiger partial charge in [-0.15, -0.1) is 0 Å². The van der Waals surface area contributed by atoms with Gasteiger partial charge in [0.25, 0.3) is 5.91 Å². The van der Waals surface area contributed by atoms with E-state index in [0.29, 0.717) is 17.3 Å². The van der Waals surface area contributed by atoms with Crippen LogP contribution >= 0.6 is 11.6 Å². The quantitative estimate of drug-likeness (QED) is 0.832. The maximum Gasteiger partial charge on any atom is 0.257 e. The highest BCUT2D eigenvalue weighted by atomic mass is 35.5. The second-order valence-electron chi connectivity index (χ2n) is 5.88. The summed E-state index contributed by atoms with van der Waals surface area (Å²) in [7, 11) is 1.80. The first-order valence-corrected chi connectivity index (χ1v) is 8.20. The van der Waals surface area contributed by atoms with Gasteiger partial charge in [0, 0.05) is 19.8 Å². The fourth-order valence-corrected chi connectivity index (χ4v) is 3.43. The highest BCUT2D eigenvalue weighted by molar-refractivity contribution is 6.31. The molecule has 1 fully saturated rings. The summed E-state index contributed by atoms with van der Waals surface area (Å²) in [5.74, 6) is -0.788. The number of carbonyl (C=O) groups is 1. The minimum absolute atomic E-state index is 0.103. The average molecular weight is 336 g/mol. The van der Waals surface area contributed by atoms with Crippen LogP contribution in [0.5, 0.6) is 0 Å². The molecule has 1 aliphatic heterocycles. The molecule has 0 aliphatic carbocycles. The first kappa shape index (κ1) is 16.0. The van der Waals surface area contributed by atoms with Gasteiger partial charge < -0.3 is 4.90 Å². The molecular weight excluding hydrogens is 317 g/mol. The van der Waals surface area contributed by atoms with Gasteiger partial charge >= 0.3 is 0 Å². The summed E-state index contributed by atoms with van der Waals surface area (Å²) < 4.78 is 15.7. The molecule has 2 heterocycles. The van der Waals surface area contributed by atoms with E-state index in [9.17, 15) is 9.18 Å². The fourth-order valence-electron chi connectivity index (χ4n) is 3.13. The molecule has 1 aliphatic rings. The summed E-state index contributed by atoms with van der Waals surface area (Å²) in [6, 6.07) is 5.89. The minimum atomic E-state index is -0.493. The van der Waals surface area contributed by atoms with Crippen LogP contribution in [0.1, 0.15) is 47.8 Å². The normalized spacial score (nSPS) is 18.7. The molecule has 1 atom stereocenters. The van der Waals surface area contributed by atoms with Crippen molar-refractivity contribution in [2.75, 3.05) is 6.54 Å². The average Bonchev–Trinajstić information content (AvgIpc) is 2.74. The molecule has 1 aromatic carbocycles. The highest BCUT2D eigenvalue weighted by Crippen LogP contribution is 2.34. The predicted molar refractivity (Wildman–Crippen MR) is 86.9 cm³/mol. The Balaban J connectivity index is 1.98. The lowest BCUT2D eigenvalue weighted by atomic mass is 10.1. The Morgan fingerprint density at radius 3 is 2.78 bits per heavy atom. The standard InChI is InChI=1S/C17H19ClFN3O/c1-21-11-13(18)16(20-21)15-9-3-2-6-10-22(15)17(23)12-7-4-5-8-14(12)19/h4-5,7-8,11,15H,2-3,6,9-10H2,1H3/t15-/m0/s1. The van der Waals surface area contributed by atoms with E-state index >= 15 is 0 Å². The number of halogens is 2. The molecule has 3 rings (SSSR count). The van der Waals surface area contributed by atoms with Gasteiger partial charge in [-0.1, -0.05) is 36.6 Å². The Bertz CT molecular complexity index is 716. The van der Waals surface area contributed by atoms with Gasteiger partial charge in [-0.05, 0) is 25.0 Å². The van der Waals surface area contributed by atoms with Crippen LogP contribution in [0, 0.1) is 5.82 Å². The fraction of sp³-hybridized carbons (Fsp3) is 0.412. The lowest BCUT2D eigenvalue weighted by Gasteiger charge is -2.29. The van der Waals surface area contributed by atoms with Crippen molar-refractivity contribution in [1.82, 2.24) is 14.7 Å². The summed E-state index contributed by atoms with van der Waals surface area (Å²) in [6.45, 7) is 0.588. The molecular formula is C17H19ClFN3O. The molecule has 0 radical (unpaired) electrons. The Hall–Kier alpha value is -1.88. The van der Waals surface area contributed by atoms with E-state index in [2.05, 4.69) is 5.10 Å². The molecule has 0 saturated carbocycles. The summed E-state index contributed by atoms with van der Waals surface area (Å²) in [4.78, 5) is 14.6. The summed E-state index contributed by atoms with van der Waals surface area (Å²) >= 11 is 6.28. The number of hydrogen-bond acceptors (Lipinski definition) is 2. The van der Waals surface area contributed by atoms with Crippen molar-refractivity contribution in [3.8, 4) is 0 Å². The molecule has 122 valence electrons. The molecule has 0 bridgehead atoms. The monoisotopic (exact) mass is 335 g/mol. The smallest absolute Gasteiger partial charge is 0.257 e. The van der Waals surface area contributed by atoms with Crippen LogP contribution in [0.25, 0.3) is 0 Å². The van der Waals surface area contributed by atoms with E-state index in [1.807, 2.05) is 0 Å². The topological polar surface area (TPSA) is 38.1 Å². The molecule has 6 heteroatoms. The second kappa shape index (κ2) is 6.71. The van der Waals surface area contributed by atoms with Gasteiger partial charge in [0.1, 0.15) is 11.5 Å². The molecule has 1 amide bonds. The van der Waals surface area contributed by atoms with Crippen molar-refractivity contribution in [3.05, 3.63) is 52.6 Å². The van der Waals surface area contributed by atoms with Gasteiger partial charge in [-0.25, -0.2) is 4.39 Å². The highest BCUT2D eigenvalue weighted by Gasteiger charge is 2.31. The molecule has 0 unspecified atom stereocenters. The Kier molecular flexibility index (Phi) is 4.66. The number of rotatable bonds is 2. The predicted octanol–water partition coefficient (Wildman–Crippen LogP) is 3.97. The third-order valence-corrected chi connectivity index (χ3v) is 4.54. The summed E-state index contributed by atoms with van der Waals surface area (Å²) in [5, 5.41) is 4.97. The SMILES string of the molecule is Cn1cc(Cl)c([C@@H]2CCCCCN2C(=O)c2ccccc2F)n1. The van der Waals surface area contributed by atoms with Crippen LogP contribution in [0.15, 0.2) is 30.5 Å². The first-order valence-electron chi connectivity index (χ1n) is 7.82. The molecule has 4 nitrogen and oxygen atoms in total. The number of aromatic nitrogens is 2. The Morgan fingerprint density at radius 2 is 2.09 bits per heavy atom. The third-order valence-electron chi connectivity index (χ3n) is 4.24. The van der Waals surface area contributed by atoms with Crippen molar-refractivity contribution < 1.29 is 9.18 Å². The summed E-state index contributed by atoms with van der Waals surface area (Å²) in [6.07, 6.45) is 5.46. The summed E-state index contributed by atoms with van der Waals surface area (Å²) in [5.41, 5.74) is 0.798. The molecule has 0 N–H and O–H groups in total. The van der Waals surface area contributed by atoms with Gasteiger partial charge in [-0.2, -0.15) is 5.10 Å². The molecule has 1 aromatic heterocycles. The maximum absolute atomic E-state index is 14.0. The third kappa shape index (κ3) is 3.24. The van der Waals surface area contributed by atoms with E-state index in [4.69, 9.17) is 11.6 Å². The second-order valence-corrected chi connectivity index (χ2v) is 6.29. The number of likely N-dealkylation sites (tertiary alicyclic amines) is 1. The van der Waals surface area contributed by atoms with Crippen molar-refractivity contribution in [2.45, 2.75) is 31.7 Å². The molecule has 0 spiro atoms. The maximum atomic E-state index is 14.0. The van der Waals surface area contributed by atoms with Gasteiger partial charge in [-0.3, -0.25) is 9.48 Å². The van der Waals surface area contributed by atoms with E-state index in [-0.39, 0.29) is 17.5 Å². The minimum Gasteiger partial charge on any atom is -0.330 e.